The Morgan fingerprint density at radius 2 is 1.57 bits per heavy atom. The summed E-state index contributed by atoms with van der Waals surface area (Å²) in [7, 11) is 0. The molecule has 0 unspecified atom stereocenters. The number of aromatic nitrogens is 1. The van der Waals surface area contributed by atoms with E-state index in [9.17, 15) is 4.79 Å². The molecule has 3 nitrogen and oxygen atoms in total. The maximum Gasteiger partial charge on any atom is 0.250 e. The number of benzene rings is 2. The third-order valence-electron chi connectivity index (χ3n) is 8.31. The smallest absolute Gasteiger partial charge is 0.250 e. The molecular weight excluding hydrogens is 428 g/mol. The van der Waals surface area contributed by atoms with Crippen LogP contribution in [0.4, 0.5) is 0 Å². The Bertz CT molecular complexity index is 1210. The fraction of sp³-hybridized carbons (Fsp3) is 0.469. The number of fused-ring (bicyclic) bond motifs is 1. The fourth-order valence-corrected chi connectivity index (χ4v) is 5.84. The molecule has 2 N–H and O–H groups in total. The first-order valence-electron chi connectivity index (χ1n) is 13.3. The number of aryl methyl sites for hydroxylation is 2. The predicted molar refractivity (Wildman–Crippen MR) is 147 cm³/mol. The third kappa shape index (κ3) is 4.96. The van der Waals surface area contributed by atoms with Crippen LogP contribution in [0.1, 0.15) is 98.6 Å². The summed E-state index contributed by atoms with van der Waals surface area (Å²) < 4.78 is 2.34. The van der Waals surface area contributed by atoms with E-state index < -0.39 is 0 Å². The van der Waals surface area contributed by atoms with Crippen molar-refractivity contribution in [1.82, 2.24) is 4.57 Å². The molecule has 1 aromatic heterocycles. The highest BCUT2D eigenvalue weighted by atomic mass is 16.1. The van der Waals surface area contributed by atoms with Gasteiger partial charge < -0.3 is 10.3 Å². The van der Waals surface area contributed by atoms with E-state index in [2.05, 4.69) is 81.7 Å². The van der Waals surface area contributed by atoms with E-state index >= 15 is 0 Å². The quantitative estimate of drug-likeness (QED) is 0.340. The van der Waals surface area contributed by atoms with Crippen LogP contribution < -0.4 is 5.73 Å². The van der Waals surface area contributed by atoms with Crippen molar-refractivity contribution in [2.75, 3.05) is 0 Å². The van der Waals surface area contributed by atoms with Crippen LogP contribution in [0.15, 0.2) is 48.5 Å². The summed E-state index contributed by atoms with van der Waals surface area (Å²) in [5, 5.41) is 0. The lowest BCUT2D eigenvalue weighted by Crippen LogP contribution is -2.34. The molecule has 4 rings (SSSR count). The average molecular weight is 471 g/mol. The molecule has 0 spiro atoms. The lowest BCUT2D eigenvalue weighted by Gasteiger charge is -2.42. The molecular formula is C32H42N2O. The van der Waals surface area contributed by atoms with Crippen molar-refractivity contribution in [3.8, 4) is 11.3 Å². The standard InChI is InChI=1S/C32H42N2O/c1-7-24-19-27-28(32(5,6)17-16-31(27,3)4)20-26(24)29-21-25(30(33)35)22(2)34(29)18-12-11-15-23-13-9-8-10-14-23/h8-10,13-14,19-21H,7,11-12,15-18H2,1-6H3,(H2,33,35). The minimum Gasteiger partial charge on any atom is -0.366 e. The van der Waals surface area contributed by atoms with Gasteiger partial charge in [-0.1, -0.05) is 71.0 Å². The van der Waals surface area contributed by atoms with Crippen molar-refractivity contribution in [3.05, 3.63) is 82.0 Å². The van der Waals surface area contributed by atoms with Gasteiger partial charge in [-0.05, 0) is 90.7 Å². The Morgan fingerprint density at radius 3 is 2.17 bits per heavy atom. The molecule has 0 aliphatic heterocycles. The zero-order valence-electron chi connectivity index (χ0n) is 22.5. The van der Waals surface area contributed by atoms with Gasteiger partial charge in [0.1, 0.15) is 0 Å². The molecule has 0 bridgehead atoms. The molecule has 0 saturated heterocycles. The zero-order chi connectivity index (χ0) is 25.4. The Balaban J connectivity index is 1.74. The van der Waals surface area contributed by atoms with Crippen LogP contribution in [0.5, 0.6) is 0 Å². The van der Waals surface area contributed by atoms with Crippen molar-refractivity contribution in [2.45, 2.75) is 97.4 Å². The van der Waals surface area contributed by atoms with Gasteiger partial charge in [-0.2, -0.15) is 0 Å². The fourth-order valence-electron chi connectivity index (χ4n) is 5.84. The first kappa shape index (κ1) is 25.3. The molecule has 3 aromatic rings. The molecule has 1 heterocycles. The molecule has 1 amide bonds. The Morgan fingerprint density at radius 1 is 0.943 bits per heavy atom. The minimum absolute atomic E-state index is 0.139. The van der Waals surface area contributed by atoms with E-state index in [0.29, 0.717) is 5.56 Å². The Hall–Kier alpha value is -2.81. The number of carbonyl (C=O) groups excluding carboxylic acids is 1. The van der Waals surface area contributed by atoms with E-state index in [1.807, 2.05) is 13.0 Å². The summed E-state index contributed by atoms with van der Waals surface area (Å²) in [6, 6.07) is 17.6. The first-order chi connectivity index (χ1) is 16.5. The third-order valence-corrected chi connectivity index (χ3v) is 8.31. The van der Waals surface area contributed by atoms with Crippen molar-refractivity contribution in [2.24, 2.45) is 5.73 Å². The van der Waals surface area contributed by atoms with Crippen LogP contribution >= 0.6 is 0 Å². The van der Waals surface area contributed by atoms with Crippen LogP contribution in [0.3, 0.4) is 0 Å². The molecule has 0 saturated carbocycles. The second-order valence-electron chi connectivity index (χ2n) is 11.7. The van der Waals surface area contributed by atoms with Gasteiger partial charge in [0, 0.05) is 23.5 Å². The maximum absolute atomic E-state index is 12.3. The SMILES string of the molecule is CCc1cc2c(cc1-c1cc(C(N)=O)c(C)n1CCCCc1ccccc1)C(C)(C)CCC2(C)C. The van der Waals surface area contributed by atoms with E-state index in [-0.39, 0.29) is 16.7 Å². The molecule has 35 heavy (non-hydrogen) atoms. The number of hydrogen-bond donors (Lipinski definition) is 1. The van der Waals surface area contributed by atoms with Gasteiger partial charge in [0.15, 0.2) is 0 Å². The zero-order valence-corrected chi connectivity index (χ0v) is 22.5. The van der Waals surface area contributed by atoms with Crippen molar-refractivity contribution in [1.29, 1.82) is 0 Å². The lowest BCUT2D eigenvalue weighted by molar-refractivity contribution is 0.0999. The number of nitrogens with zero attached hydrogens (tertiary/aromatic N) is 1. The predicted octanol–water partition coefficient (Wildman–Crippen LogP) is 7.50. The molecule has 1 aliphatic rings. The molecule has 1 aliphatic carbocycles. The van der Waals surface area contributed by atoms with Crippen LogP contribution in [0.2, 0.25) is 0 Å². The highest BCUT2D eigenvalue weighted by molar-refractivity contribution is 5.96. The van der Waals surface area contributed by atoms with Gasteiger partial charge in [0.05, 0.1) is 5.56 Å². The maximum atomic E-state index is 12.3. The molecule has 2 aromatic carbocycles. The number of primary amides is 1. The number of nitrogens with two attached hydrogens (primary N) is 1. The largest absolute Gasteiger partial charge is 0.366 e. The van der Waals surface area contributed by atoms with Crippen LogP contribution in [-0.4, -0.2) is 10.5 Å². The lowest BCUT2D eigenvalue weighted by atomic mass is 9.62. The summed E-state index contributed by atoms with van der Waals surface area (Å²) in [5.41, 5.74) is 15.8. The first-order valence-corrected chi connectivity index (χ1v) is 13.3. The Kier molecular flexibility index (Phi) is 6.99. The van der Waals surface area contributed by atoms with Gasteiger partial charge in [-0.15, -0.1) is 0 Å². The van der Waals surface area contributed by atoms with E-state index in [1.165, 1.54) is 40.7 Å². The molecule has 0 fully saturated rings. The van der Waals surface area contributed by atoms with Crippen molar-refractivity contribution < 1.29 is 4.79 Å². The van der Waals surface area contributed by atoms with Gasteiger partial charge >= 0.3 is 0 Å². The summed E-state index contributed by atoms with van der Waals surface area (Å²) in [5.74, 6) is -0.343. The normalized spacial score (nSPS) is 16.2. The van der Waals surface area contributed by atoms with Crippen LogP contribution in [0.25, 0.3) is 11.3 Å². The number of hydrogen-bond acceptors (Lipinski definition) is 1. The van der Waals surface area contributed by atoms with Crippen LogP contribution in [0, 0.1) is 6.92 Å². The number of carbonyl (C=O) groups is 1. The topological polar surface area (TPSA) is 48.0 Å². The van der Waals surface area contributed by atoms with E-state index in [4.69, 9.17) is 5.73 Å². The van der Waals surface area contributed by atoms with E-state index in [0.717, 1.165) is 43.6 Å². The van der Waals surface area contributed by atoms with Gasteiger partial charge in [-0.25, -0.2) is 0 Å². The van der Waals surface area contributed by atoms with Gasteiger partial charge in [0.25, 0.3) is 5.91 Å². The number of unbranched alkanes of at least 4 members (excludes halogenated alkanes) is 1. The molecule has 0 atom stereocenters. The molecule has 0 radical (unpaired) electrons. The summed E-state index contributed by atoms with van der Waals surface area (Å²) in [4.78, 5) is 12.3. The molecule has 3 heteroatoms. The summed E-state index contributed by atoms with van der Waals surface area (Å²) in [6.45, 7) is 14.7. The number of amides is 1. The monoisotopic (exact) mass is 470 g/mol. The summed E-state index contributed by atoms with van der Waals surface area (Å²) >= 11 is 0. The van der Waals surface area contributed by atoms with E-state index in [1.54, 1.807) is 0 Å². The highest BCUT2D eigenvalue weighted by Crippen LogP contribution is 2.48. The highest BCUT2D eigenvalue weighted by Gasteiger charge is 2.38. The number of rotatable bonds is 8. The Labute approximate surface area is 211 Å². The summed E-state index contributed by atoms with van der Waals surface area (Å²) in [6.07, 6.45) is 6.59. The average Bonchev–Trinajstić information content (AvgIpc) is 3.16. The second-order valence-corrected chi connectivity index (χ2v) is 11.7. The van der Waals surface area contributed by atoms with Crippen molar-refractivity contribution >= 4 is 5.91 Å². The van der Waals surface area contributed by atoms with Gasteiger partial charge in [0.2, 0.25) is 0 Å². The van der Waals surface area contributed by atoms with Crippen molar-refractivity contribution in [3.63, 3.8) is 0 Å². The minimum atomic E-state index is -0.343. The van der Waals surface area contributed by atoms with Crippen LogP contribution in [-0.2, 0) is 30.2 Å². The second kappa shape index (κ2) is 9.68. The van der Waals surface area contributed by atoms with Gasteiger partial charge in [-0.3, -0.25) is 4.79 Å². The molecule has 186 valence electrons.